The lowest BCUT2D eigenvalue weighted by atomic mass is 10.0. The van der Waals surface area contributed by atoms with E-state index in [-0.39, 0.29) is 24.2 Å². The van der Waals surface area contributed by atoms with Crippen LogP contribution in [0.3, 0.4) is 0 Å². The van der Waals surface area contributed by atoms with Gasteiger partial charge in [-0.1, -0.05) is 61.5 Å². The molecule has 208 valence electrons. The van der Waals surface area contributed by atoms with Crippen molar-refractivity contribution < 1.29 is 27.1 Å². The fourth-order valence-corrected chi connectivity index (χ4v) is 4.95. The number of rotatable bonds is 13. The lowest BCUT2D eigenvalue weighted by Crippen LogP contribution is -2.53. The van der Waals surface area contributed by atoms with Crippen molar-refractivity contribution in [3.8, 4) is 5.75 Å². The van der Waals surface area contributed by atoms with E-state index in [0.29, 0.717) is 18.7 Å². The molecule has 1 atom stereocenters. The van der Waals surface area contributed by atoms with E-state index in [9.17, 15) is 22.4 Å². The van der Waals surface area contributed by atoms with E-state index >= 15 is 0 Å². The number of ether oxygens (including phenoxy) is 1. The van der Waals surface area contributed by atoms with Crippen molar-refractivity contribution in [1.29, 1.82) is 0 Å². The summed E-state index contributed by atoms with van der Waals surface area (Å²) in [6, 6.07) is 20.5. The summed E-state index contributed by atoms with van der Waals surface area (Å²) < 4.78 is 46.6. The maximum atomic E-state index is 14.7. The average molecular weight is 556 g/mol. The molecule has 0 aliphatic rings. The standard InChI is InChI=1S/C29H34FN3O5S/c1-4-17-31-29(35)27(18-22-11-6-5-7-12-22)32(20-23-13-8-9-16-26(23)30)28(34)21-33(39(3,36)37)24-14-10-15-25(19-24)38-2/h5-16,19,27H,4,17-18,20-21H2,1-3H3,(H,31,35). The summed E-state index contributed by atoms with van der Waals surface area (Å²) in [4.78, 5) is 28.6. The van der Waals surface area contributed by atoms with Gasteiger partial charge in [-0.15, -0.1) is 0 Å². The number of amides is 2. The molecular formula is C29H34FN3O5S. The van der Waals surface area contributed by atoms with Crippen LogP contribution in [-0.4, -0.2) is 57.6 Å². The molecule has 0 radical (unpaired) electrons. The van der Waals surface area contributed by atoms with Crippen LogP contribution >= 0.6 is 0 Å². The number of hydrogen-bond donors (Lipinski definition) is 1. The highest BCUT2D eigenvalue weighted by Crippen LogP contribution is 2.24. The minimum absolute atomic E-state index is 0.161. The highest BCUT2D eigenvalue weighted by molar-refractivity contribution is 7.92. The highest BCUT2D eigenvalue weighted by atomic mass is 32.2. The molecule has 2 amide bonds. The van der Waals surface area contributed by atoms with Gasteiger partial charge >= 0.3 is 0 Å². The predicted molar refractivity (Wildman–Crippen MR) is 149 cm³/mol. The number of nitrogens with one attached hydrogen (secondary N) is 1. The molecule has 0 saturated carbocycles. The van der Waals surface area contributed by atoms with Crippen LogP contribution in [0.1, 0.15) is 24.5 Å². The van der Waals surface area contributed by atoms with Crippen LogP contribution in [0.4, 0.5) is 10.1 Å². The zero-order valence-electron chi connectivity index (χ0n) is 22.3. The summed E-state index contributed by atoms with van der Waals surface area (Å²) in [7, 11) is -2.46. The van der Waals surface area contributed by atoms with Crippen LogP contribution in [0.2, 0.25) is 0 Å². The molecule has 0 spiro atoms. The monoisotopic (exact) mass is 555 g/mol. The number of carbonyl (C=O) groups is 2. The molecule has 0 fully saturated rings. The second-order valence-corrected chi connectivity index (χ2v) is 11.0. The number of sulfonamides is 1. The number of hydrogen-bond acceptors (Lipinski definition) is 5. The van der Waals surface area contributed by atoms with Crippen molar-refractivity contribution in [1.82, 2.24) is 10.2 Å². The number of benzene rings is 3. The third-order valence-electron chi connectivity index (χ3n) is 6.14. The summed E-state index contributed by atoms with van der Waals surface area (Å²) in [5, 5.41) is 2.84. The topological polar surface area (TPSA) is 96.0 Å². The largest absolute Gasteiger partial charge is 0.497 e. The van der Waals surface area contributed by atoms with Crippen molar-refractivity contribution >= 4 is 27.5 Å². The van der Waals surface area contributed by atoms with Gasteiger partial charge in [0.1, 0.15) is 24.2 Å². The van der Waals surface area contributed by atoms with Gasteiger partial charge in [-0.05, 0) is 30.2 Å². The van der Waals surface area contributed by atoms with Crippen molar-refractivity contribution in [3.05, 3.63) is 95.8 Å². The first-order valence-corrected chi connectivity index (χ1v) is 14.4. The van der Waals surface area contributed by atoms with Crippen LogP contribution < -0.4 is 14.4 Å². The molecule has 1 unspecified atom stereocenters. The van der Waals surface area contributed by atoms with Crippen molar-refractivity contribution in [2.45, 2.75) is 32.4 Å². The first kappa shape index (κ1) is 29.6. The fraction of sp³-hybridized carbons (Fsp3) is 0.310. The van der Waals surface area contributed by atoms with Gasteiger partial charge in [0.05, 0.1) is 19.1 Å². The summed E-state index contributed by atoms with van der Waals surface area (Å²) >= 11 is 0. The van der Waals surface area contributed by atoms with Crippen LogP contribution in [-0.2, 0) is 32.6 Å². The maximum Gasteiger partial charge on any atom is 0.244 e. The van der Waals surface area contributed by atoms with E-state index in [2.05, 4.69) is 5.32 Å². The van der Waals surface area contributed by atoms with Crippen LogP contribution in [0.5, 0.6) is 5.75 Å². The normalized spacial score (nSPS) is 11.9. The van der Waals surface area contributed by atoms with E-state index in [0.717, 1.165) is 16.1 Å². The second kappa shape index (κ2) is 13.7. The maximum absolute atomic E-state index is 14.7. The lowest BCUT2D eigenvalue weighted by Gasteiger charge is -2.33. The SMILES string of the molecule is CCCNC(=O)C(Cc1ccccc1)N(Cc1ccccc1F)C(=O)CN(c1cccc(OC)c1)S(C)(=O)=O. The number of nitrogens with zero attached hydrogens (tertiary/aromatic N) is 2. The Morgan fingerprint density at radius 3 is 2.33 bits per heavy atom. The van der Waals surface area contributed by atoms with Crippen LogP contribution in [0.15, 0.2) is 78.9 Å². The molecule has 39 heavy (non-hydrogen) atoms. The number of carbonyl (C=O) groups excluding carboxylic acids is 2. The molecule has 8 nitrogen and oxygen atoms in total. The Morgan fingerprint density at radius 1 is 1.00 bits per heavy atom. The van der Waals surface area contributed by atoms with E-state index in [1.54, 1.807) is 24.3 Å². The number of anilines is 1. The molecule has 0 aromatic heterocycles. The molecule has 3 aromatic rings. The lowest BCUT2D eigenvalue weighted by molar-refractivity contribution is -0.140. The highest BCUT2D eigenvalue weighted by Gasteiger charge is 2.33. The Morgan fingerprint density at radius 2 is 1.69 bits per heavy atom. The first-order valence-electron chi connectivity index (χ1n) is 12.6. The van der Waals surface area contributed by atoms with E-state index in [1.807, 2.05) is 37.3 Å². The Bertz CT molecular complexity index is 1370. The molecule has 0 aliphatic carbocycles. The third-order valence-corrected chi connectivity index (χ3v) is 7.28. The first-order chi connectivity index (χ1) is 18.6. The Balaban J connectivity index is 2.05. The van der Waals surface area contributed by atoms with Gasteiger partial charge < -0.3 is 15.0 Å². The van der Waals surface area contributed by atoms with Gasteiger partial charge in [-0.2, -0.15) is 0 Å². The molecule has 10 heteroatoms. The molecule has 0 bridgehead atoms. The molecule has 0 saturated heterocycles. The smallest absolute Gasteiger partial charge is 0.244 e. The minimum Gasteiger partial charge on any atom is -0.497 e. The van der Waals surface area contributed by atoms with E-state index < -0.39 is 40.2 Å². The molecular weight excluding hydrogens is 521 g/mol. The van der Waals surface area contributed by atoms with Crippen molar-refractivity contribution in [2.75, 3.05) is 30.8 Å². The fourth-order valence-electron chi connectivity index (χ4n) is 4.11. The van der Waals surface area contributed by atoms with Crippen LogP contribution in [0.25, 0.3) is 0 Å². The van der Waals surface area contributed by atoms with Gasteiger partial charge in [-0.3, -0.25) is 13.9 Å². The molecule has 0 aliphatic heterocycles. The quantitative estimate of drug-likeness (QED) is 0.347. The average Bonchev–Trinajstić information content (AvgIpc) is 2.93. The van der Waals surface area contributed by atoms with Crippen molar-refractivity contribution in [3.63, 3.8) is 0 Å². The van der Waals surface area contributed by atoms with Gasteiger partial charge in [0.2, 0.25) is 21.8 Å². The molecule has 0 heterocycles. The van der Waals surface area contributed by atoms with E-state index in [4.69, 9.17) is 4.74 Å². The van der Waals surface area contributed by atoms with Gasteiger partial charge in [0, 0.05) is 31.1 Å². The number of methoxy groups -OCH3 is 1. The summed E-state index contributed by atoms with van der Waals surface area (Å²) in [5.74, 6) is -1.18. The Kier molecular flexibility index (Phi) is 10.4. The van der Waals surface area contributed by atoms with Gasteiger partial charge in [0.15, 0.2) is 0 Å². The predicted octanol–water partition coefficient (Wildman–Crippen LogP) is 3.77. The van der Waals surface area contributed by atoms with Crippen LogP contribution in [0, 0.1) is 5.82 Å². The number of halogens is 1. The third kappa shape index (κ3) is 8.28. The van der Waals surface area contributed by atoms with E-state index in [1.165, 1.54) is 36.3 Å². The Hall–Kier alpha value is -3.92. The molecule has 1 N–H and O–H groups in total. The van der Waals surface area contributed by atoms with Gasteiger partial charge in [-0.25, -0.2) is 12.8 Å². The summed E-state index contributed by atoms with van der Waals surface area (Å²) in [6.45, 7) is 1.49. The molecule has 3 aromatic carbocycles. The zero-order chi connectivity index (χ0) is 28.4. The van der Waals surface area contributed by atoms with Crippen molar-refractivity contribution in [2.24, 2.45) is 0 Å². The van der Waals surface area contributed by atoms with Gasteiger partial charge in [0.25, 0.3) is 0 Å². The summed E-state index contributed by atoms with van der Waals surface area (Å²) in [5.41, 5.74) is 1.24. The zero-order valence-corrected chi connectivity index (χ0v) is 23.2. The molecule has 3 rings (SSSR count). The summed E-state index contributed by atoms with van der Waals surface area (Å²) in [6.07, 6.45) is 1.84. The Labute approximate surface area is 229 Å². The minimum atomic E-state index is -3.92. The second-order valence-electron chi connectivity index (χ2n) is 9.08.